The summed E-state index contributed by atoms with van der Waals surface area (Å²) in [7, 11) is 0. The lowest BCUT2D eigenvalue weighted by Crippen LogP contribution is -2.46. The van der Waals surface area contributed by atoms with Crippen LogP contribution in [0.2, 0.25) is 0 Å². The molecule has 3 heteroatoms. The molecule has 0 aromatic heterocycles. The van der Waals surface area contributed by atoms with E-state index < -0.39 is 0 Å². The van der Waals surface area contributed by atoms with Crippen molar-refractivity contribution in [1.82, 2.24) is 4.90 Å². The van der Waals surface area contributed by atoms with E-state index in [1.54, 1.807) is 0 Å². The smallest absolute Gasteiger partial charge is 0.225 e. The third kappa shape index (κ3) is 3.47. The van der Waals surface area contributed by atoms with Crippen molar-refractivity contribution in [2.24, 2.45) is 17.8 Å². The molecule has 88 valence electrons. The summed E-state index contributed by atoms with van der Waals surface area (Å²) < 4.78 is 0. The van der Waals surface area contributed by atoms with Crippen molar-refractivity contribution in [3.8, 4) is 0 Å². The van der Waals surface area contributed by atoms with Gasteiger partial charge in [0.2, 0.25) is 5.91 Å². The van der Waals surface area contributed by atoms with Crippen molar-refractivity contribution < 1.29 is 4.79 Å². The Hall–Kier alpha value is -0.0500. The van der Waals surface area contributed by atoms with Crippen LogP contribution in [-0.2, 0) is 4.79 Å². The Balaban J connectivity index is 2.59. The number of nitrogens with zero attached hydrogens (tertiary/aromatic N) is 1. The van der Waals surface area contributed by atoms with Crippen molar-refractivity contribution in [1.29, 1.82) is 0 Å². The Bertz CT molecular complexity index is 220. The summed E-state index contributed by atoms with van der Waals surface area (Å²) >= 11 is 3.63. The van der Waals surface area contributed by atoms with Crippen molar-refractivity contribution in [2.45, 2.75) is 38.9 Å². The Labute approximate surface area is 102 Å². The first-order valence-electron chi connectivity index (χ1n) is 5.84. The highest BCUT2D eigenvalue weighted by Gasteiger charge is 2.29. The minimum Gasteiger partial charge on any atom is -0.341 e. The standard InChI is InChI=1S/C12H22BrNO/c1-8(2)10(4)12(15)14-6-9(3)5-11(13)7-14/h8-11H,5-7H2,1-4H3. The predicted molar refractivity (Wildman–Crippen MR) is 67.1 cm³/mol. The highest BCUT2D eigenvalue weighted by molar-refractivity contribution is 9.09. The normalized spacial score (nSPS) is 29.3. The first kappa shape index (κ1) is 13.0. The lowest BCUT2D eigenvalue weighted by molar-refractivity contribution is -0.137. The van der Waals surface area contributed by atoms with E-state index in [0.29, 0.717) is 22.6 Å². The molecule has 1 heterocycles. The summed E-state index contributed by atoms with van der Waals surface area (Å²) in [6.07, 6.45) is 1.18. The van der Waals surface area contributed by atoms with E-state index in [1.165, 1.54) is 6.42 Å². The lowest BCUT2D eigenvalue weighted by Gasteiger charge is -2.36. The van der Waals surface area contributed by atoms with Gasteiger partial charge in [0, 0.05) is 23.8 Å². The molecular formula is C12H22BrNO. The third-order valence-electron chi connectivity index (χ3n) is 3.31. The zero-order valence-electron chi connectivity index (χ0n) is 10.2. The minimum atomic E-state index is 0.148. The highest BCUT2D eigenvalue weighted by Crippen LogP contribution is 2.24. The number of hydrogen-bond acceptors (Lipinski definition) is 1. The molecule has 0 N–H and O–H groups in total. The molecular weight excluding hydrogens is 254 g/mol. The number of likely N-dealkylation sites (tertiary alicyclic amines) is 1. The maximum atomic E-state index is 12.1. The largest absolute Gasteiger partial charge is 0.341 e. The fourth-order valence-electron chi connectivity index (χ4n) is 2.03. The first-order valence-corrected chi connectivity index (χ1v) is 6.76. The van der Waals surface area contributed by atoms with Gasteiger partial charge in [-0.05, 0) is 18.3 Å². The second-order valence-electron chi connectivity index (χ2n) is 5.21. The maximum Gasteiger partial charge on any atom is 0.225 e. The summed E-state index contributed by atoms with van der Waals surface area (Å²) in [5, 5.41) is 0. The van der Waals surface area contributed by atoms with Crippen LogP contribution in [0.1, 0.15) is 34.1 Å². The SMILES string of the molecule is CC1CC(Br)CN(C(=O)C(C)C(C)C)C1. The van der Waals surface area contributed by atoms with Crippen molar-refractivity contribution in [3.63, 3.8) is 0 Å². The maximum absolute atomic E-state index is 12.1. The molecule has 15 heavy (non-hydrogen) atoms. The number of carbonyl (C=O) groups is 1. The van der Waals surface area contributed by atoms with Gasteiger partial charge in [-0.15, -0.1) is 0 Å². The molecule has 1 aliphatic heterocycles. The Morgan fingerprint density at radius 2 is 1.93 bits per heavy atom. The number of rotatable bonds is 2. The molecule has 1 saturated heterocycles. The van der Waals surface area contributed by atoms with Gasteiger partial charge in [-0.2, -0.15) is 0 Å². The van der Waals surface area contributed by atoms with Gasteiger partial charge in [0.1, 0.15) is 0 Å². The van der Waals surface area contributed by atoms with E-state index in [0.717, 1.165) is 13.1 Å². The number of carbonyl (C=O) groups excluding carboxylic acids is 1. The topological polar surface area (TPSA) is 20.3 Å². The van der Waals surface area contributed by atoms with Crippen LogP contribution in [0.15, 0.2) is 0 Å². The van der Waals surface area contributed by atoms with E-state index in [9.17, 15) is 4.79 Å². The fraction of sp³-hybridized carbons (Fsp3) is 0.917. The van der Waals surface area contributed by atoms with Gasteiger partial charge < -0.3 is 4.90 Å². The molecule has 1 rings (SSSR count). The van der Waals surface area contributed by atoms with E-state index in [-0.39, 0.29) is 5.92 Å². The molecule has 0 aliphatic carbocycles. The lowest BCUT2D eigenvalue weighted by atomic mass is 9.93. The van der Waals surface area contributed by atoms with Crippen molar-refractivity contribution in [3.05, 3.63) is 0 Å². The summed E-state index contributed by atoms with van der Waals surface area (Å²) in [5.41, 5.74) is 0. The van der Waals surface area contributed by atoms with Gasteiger partial charge in [-0.1, -0.05) is 43.6 Å². The molecule has 3 atom stereocenters. The average Bonchev–Trinajstić information content (AvgIpc) is 2.13. The zero-order chi connectivity index (χ0) is 11.6. The third-order valence-corrected chi connectivity index (χ3v) is 3.97. The molecule has 2 nitrogen and oxygen atoms in total. The van der Waals surface area contributed by atoms with Gasteiger partial charge in [0.15, 0.2) is 0 Å². The van der Waals surface area contributed by atoms with Crippen LogP contribution in [0, 0.1) is 17.8 Å². The van der Waals surface area contributed by atoms with Crippen molar-refractivity contribution >= 4 is 21.8 Å². The van der Waals surface area contributed by atoms with Crippen molar-refractivity contribution in [2.75, 3.05) is 13.1 Å². The number of alkyl halides is 1. The molecule has 1 aliphatic rings. The molecule has 0 bridgehead atoms. The summed E-state index contributed by atoms with van der Waals surface area (Å²) in [4.78, 5) is 14.6. The monoisotopic (exact) mass is 275 g/mol. The zero-order valence-corrected chi connectivity index (χ0v) is 11.8. The minimum absolute atomic E-state index is 0.148. The van der Waals surface area contributed by atoms with Gasteiger partial charge in [0.05, 0.1) is 0 Å². The predicted octanol–water partition coefficient (Wildman–Crippen LogP) is 2.91. The van der Waals surface area contributed by atoms with E-state index in [2.05, 4.69) is 36.7 Å². The second-order valence-corrected chi connectivity index (χ2v) is 6.51. The molecule has 0 saturated carbocycles. The van der Waals surface area contributed by atoms with E-state index >= 15 is 0 Å². The van der Waals surface area contributed by atoms with Crippen LogP contribution >= 0.6 is 15.9 Å². The summed E-state index contributed by atoms with van der Waals surface area (Å²) in [6, 6.07) is 0. The molecule has 1 amide bonds. The van der Waals surface area contributed by atoms with Crippen LogP contribution in [0.25, 0.3) is 0 Å². The Kier molecular flexibility index (Phi) is 4.63. The summed E-state index contributed by atoms with van der Waals surface area (Å²) in [6.45, 7) is 10.3. The number of amides is 1. The van der Waals surface area contributed by atoms with Gasteiger partial charge in [-0.25, -0.2) is 0 Å². The quantitative estimate of drug-likeness (QED) is 0.710. The molecule has 0 aromatic rings. The average molecular weight is 276 g/mol. The van der Waals surface area contributed by atoms with Crippen LogP contribution in [0.5, 0.6) is 0 Å². The first-order chi connectivity index (χ1) is 6.91. The van der Waals surface area contributed by atoms with Gasteiger partial charge >= 0.3 is 0 Å². The van der Waals surface area contributed by atoms with Crippen LogP contribution < -0.4 is 0 Å². The van der Waals surface area contributed by atoms with E-state index in [1.807, 2.05) is 11.8 Å². The molecule has 1 fully saturated rings. The second kappa shape index (κ2) is 5.33. The Morgan fingerprint density at radius 1 is 1.33 bits per heavy atom. The van der Waals surface area contributed by atoms with E-state index in [4.69, 9.17) is 0 Å². The number of piperidine rings is 1. The fourth-order valence-corrected chi connectivity index (χ4v) is 3.02. The molecule has 0 aromatic carbocycles. The Morgan fingerprint density at radius 3 is 2.40 bits per heavy atom. The van der Waals surface area contributed by atoms with Crippen LogP contribution in [0.4, 0.5) is 0 Å². The molecule has 0 radical (unpaired) electrons. The molecule has 0 spiro atoms. The van der Waals surface area contributed by atoms with Gasteiger partial charge in [-0.3, -0.25) is 4.79 Å². The van der Waals surface area contributed by atoms with Gasteiger partial charge in [0.25, 0.3) is 0 Å². The van der Waals surface area contributed by atoms with Crippen LogP contribution in [-0.4, -0.2) is 28.7 Å². The highest BCUT2D eigenvalue weighted by atomic mass is 79.9. The summed E-state index contributed by atoms with van der Waals surface area (Å²) in [5.74, 6) is 1.52. The van der Waals surface area contributed by atoms with Crippen LogP contribution in [0.3, 0.4) is 0 Å². The molecule has 3 unspecified atom stereocenters. The number of halogens is 1. The number of hydrogen-bond donors (Lipinski definition) is 0.